The number of carbonyl (C=O) groups is 1. The van der Waals surface area contributed by atoms with Gasteiger partial charge in [-0.15, -0.1) is 0 Å². The van der Waals surface area contributed by atoms with Crippen molar-refractivity contribution in [2.75, 3.05) is 37.5 Å². The summed E-state index contributed by atoms with van der Waals surface area (Å²) in [5, 5.41) is 2.81. The van der Waals surface area contributed by atoms with Crippen molar-refractivity contribution in [1.82, 2.24) is 0 Å². The second-order valence-electron chi connectivity index (χ2n) is 7.02. The Bertz CT molecular complexity index is 1260. The molecule has 3 aromatic rings. The van der Waals surface area contributed by atoms with Gasteiger partial charge in [0.1, 0.15) is 0 Å². The number of carbonyl (C=O) groups excluding carboxylic acids is 1. The summed E-state index contributed by atoms with van der Waals surface area (Å²) >= 11 is 6.26. The first-order chi connectivity index (χ1) is 16.3. The third-order valence-corrected chi connectivity index (χ3v) is 7.25. The largest absolute Gasteiger partial charge is 0.493 e. The molecule has 0 fully saturated rings. The number of sulfonamides is 1. The fourth-order valence-corrected chi connectivity index (χ4v) is 5.11. The molecule has 180 valence electrons. The van der Waals surface area contributed by atoms with Crippen LogP contribution in [0.3, 0.4) is 0 Å². The van der Waals surface area contributed by atoms with E-state index in [4.69, 9.17) is 25.8 Å². The zero-order valence-electron chi connectivity index (χ0n) is 19.2. The molecule has 0 radical (unpaired) electrons. The summed E-state index contributed by atoms with van der Waals surface area (Å²) in [5.41, 5.74) is 0.868. The van der Waals surface area contributed by atoms with Crippen LogP contribution < -0.4 is 23.8 Å². The van der Waals surface area contributed by atoms with Crippen LogP contribution in [0.1, 0.15) is 17.3 Å². The predicted octanol–water partition coefficient (Wildman–Crippen LogP) is 4.83. The van der Waals surface area contributed by atoms with Gasteiger partial charge in [-0.25, -0.2) is 8.42 Å². The van der Waals surface area contributed by atoms with E-state index in [1.807, 2.05) is 0 Å². The number of halogens is 1. The number of methoxy groups -OCH3 is 3. The van der Waals surface area contributed by atoms with Crippen LogP contribution in [0.15, 0.2) is 65.6 Å². The molecule has 0 bridgehead atoms. The summed E-state index contributed by atoms with van der Waals surface area (Å²) in [5.74, 6) is 0.468. The number of benzene rings is 3. The molecule has 10 heteroatoms. The lowest BCUT2D eigenvalue weighted by atomic mass is 10.2. The number of nitrogens with one attached hydrogen (secondary N) is 1. The van der Waals surface area contributed by atoms with Gasteiger partial charge in [0.25, 0.3) is 15.9 Å². The van der Waals surface area contributed by atoms with Gasteiger partial charge in [0.05, 0.1) is 42.5 Å². The van der Waals surface area contributed by atoms with Crippen LogP contribution in [0.4, 0.5) is 11.4 Å². The number of ether oxygens (including phenoxy) is 3. The van der Waals surface area contributed by atoms with E-state index in [9.17, 15) is 13.2 Å². The molecule has 1 amide bonds. The quantitative estimate of drug-likeness (QED) is 0.448. The fourth-order valence-electron chi connectivity index (χ4n) is 3.40. The molecule has 0 aliphatic rings. The topological polar surface area (TPSA) is 94.2 Å². The van der Waals surface area contributed by atoms with Crippen LogP contribution in [0.25, 0.3) is 0 Å². The molecule has 0 heterocycles. The Kier molecular flexibility index (Phi) is 7.90. The molecule has 8 nitrogen and oxygen atoms in total. The molecular formula is C24H25ClN2O6S. The lowest BCUT2D eigenvalue weighted by Gasteiger charge is -2.23. The molecule has 3 rings (SSSR count). The average molecular weight is 505 g/mol. The van der Waals surface area contributed by atoms with Gasteiger partial charge in [-0.3, -0.25) is 9.10 Å². The molecular weight excluding hydrogens is 480 g/mol. The highest BCUT2D eigenvalue weighted by Crippen LogP contribution is 2.40. The molecule has 0 aliphatic carbocycles. The molecule has 0 saturated heterocycles. The van der Waals surface area contributed by atoms with Gasteiger partial charge in [0, 0.05) is 24.4 Å². The number of para-hydroxylation sites is 1. The SMILES string of the molecule is CCN(c1ccccc1)S(=O)(=O)c1ccc(Cl)c(C(=O)Nc2cc(OC)c(OC)c(OC)c2)c1. The van der Waals surface area contributed by atoms with Gasteiger partial charge in [-0.2, -0.15) is 0 Å². The monoisotopic (exact) mass is 504 g/mol. The van der Waals surface area contributed by atoms with Crippen molar-refractivity contribution in [1.29, 1.82) is 0 Å². The number of hydrogen-bond acceptors (Lipinski definition) is 6. The van der Waals surface area contributed by atoms with Crippen LogP contribution in [-0.4, -0.2) is 42.2 Å². The second kappa shape index (κ2) is 10.7. The Balaban J connectivity index is 1.97. The van der Waals surface area contributed by atoms with Crippen LogP contribution >= 0.6 is 11.6 Å². The van der Waals surface area contributed by atoms with Gasteiger partial charge in [0.15, 0.2) is 11.5 Å². The molecule has 0 atom stereocenters. The summed E-state index contributed by atoms with van der Waals surface area (Å²) in [7, 11) is 0.447. The summed E-state index contributed by atoms with van der Waals surface area (Å²) in [6.07, 6.45) is 0. The smallest absolute Gasteiger partial charge is 0.264 e. The van der Waals surface area contributed by atoms with E-state index in [0.717, 1.165) is 0 Å². The van der Waals surface area contributed by atoms with Crippen molar-refractivity contribution in [3.8, 4) is 17.2 Å². The Hall–Kier alpha value is -3.43. The Morgan fingerprint density at radius 3 is 2.09 bits per heavy atom. The molecule has 0 unspecified atom stereocenters. The van der Waals surface area contributed by atoms with E-state index >= 15 is 0 Å². The zero-order valence-corrected chi connectivity index (χ0v) is 20.7. The van der Waals surface area contributed by atoms with Crippen LogP contribution in [0.2, 0.25) is 5.02 Å². The lowest BCUT2D eigenvalue weighted by molar-refractivity contribution is 0.102. The van der Waals surface area contributed by atoms with Crippen LogP contribution in [0.5, 0.6) is 17.2 Å². The third kappa shape index (κ3) is 5.05. The minimum absolute atomic E-state index is 0.000563. The van der Waals surface area contributed by atoms with Crippen molar-refractivity contribution >= 4 is 38.9 Å². The van der Waals surface area contributed by atoms with Gasteiger partial charge in [-0.1, -0.05) is 29.8 Å². The van der Waals surface area contributed by atoms with E-state index in [-0.39, 0.29) is 22.0 Å². The average Bonchev–Trinajstić information content (AvgIpc) is 2.84. The van der Waals surface area contributed by atoms with Crippen molar-refractivity contribution in [3.63, 3.8) is 0 Å². The van der Waals surface area contributed by atoms with E-state index in [0.29, 0.717) is 28.6 Å². The Morgan fingerprint density at radius 1 is 0.941 bits per heavy atom. The number of rotatable bonds is 9. The standard InChI is InChI=1S/C24H25ClN2O6S/c1-5-27(17-9-7-6-8-10-17)34(29,30)18-11-12-20(25)19(15-18)24(28)26-16-13-21(31-2)23(33-4)22(14-16)32-3/h6-15H,5H2,1-4H3,(H,26,28). The summed E-state index contributed by atoms with van der Waals surface area (Å²) in [6.45, 7) is 1.94. The number of nitrogens with zero attached hydrogens (tertiary/aromatic N) is 1. The highest BCUT2D eigenvalue weighted by molar-refractivity contribution is 7.92. The zero-order chi connectivity index (χ0) is 24.9. The number of amides is 1. The fraction of sp³-hybridized carbons (Fsp3) is 0.208. The van der Waals surface area contributed by atoms with Crippen molar-refractivity contribution < 1.29 is 27.4 Å². The van der Waals surface area contributed by atoms with Gasteiger partial charge in [0.2, 0.25) is 5.75 Å². The van der Waals surface area contributed by atoms with Gasteiger partial charge < -0.3 is 19.5 Å². The molecule has 0 aliphatic heterocycles. The Labute approximate surface area is 204 Å². The maximum absolute atomic E-state index is 13.4. The summed E-state index contributed by atoms with van der Waals surface area (Å²) in [4.78, 5) is 13.0. The maximum atomic E-state index is 13.4. The predicted molar refractivity (Wildman–Crippen MR) is 132 cm³/mol. The van der Waals surface area contributed by atoms with Crippen LogP contribution in [-0.2, 0) is 10.0 Å². The van der Waals surface area contributed by atoms with E-state index in [2.05, 4.69) is 5.32 Å². The molecule has 1 N–H and O–H groups in total. The van der Waals surface area contributed by atoms with Crippen molar-refractivity contribution in [3.05, 3.63) is 71.2 Å². The molecule has 3 aromatic carbocycles. The number of hydrogen-bond donors (Lipinski definition) is 1. The first kappa shape index (κ1) is 25.2. The number of anilines is 2. The van der Waals surface area contributed by atoms with Gasteiger partial charge >= 0.3 is 0 Å². The summed E-state index contributed by atoms with van der Waals surface area (Å²) < 4.78 is 43.9. The maximum Gasteiger partial charge on any atom is 0.264 e. The highest BCUT2D eigenvalue weighted by atomic mass is 35.5. The third-order valence-electron chi connectivity index (χ3n) is 5.02. The first-order valence-electron chi connectivity index (χ1n) is 10.3. The van der Waals surface area contributed by atoms with Gasteiger partial charge in [-0.05, 0) is 37.3 Å². The van der Waals surface area contributed by atoms with E-state index in [1.165, 1.54) is 43.8 Å². The lowest BCUT2D eigenvalue weighted by Crippen LogP contribution is -2.31. The van der Waals surface area contributed by atoms with E-state index < -0.39 is 15.9 Å². The Morgan fingerprint density at radius 2 is 1.56 bits per heavy atom. The minimum Gasteiger partial charge on any atom is -0.493 e. The van der Waals surface area contributed by atoms with Crippen LogP contribution in [0, 0.1) is 0 Å². The summed E-state index contributed by atoms with van der Waals surface area (Å²) in [6, 6.07) is 15.9. The molecule has 0 saturated carbocycles. The van der Waals surface area contributed by atoms with E-state index in [1.54, 1.807) is 49.4 Å². The minimum atomic E-state index is -3.94. The molecule has 34 heavy (non-hydrogen) atoms. The van der Waals surface area contributed by atoms with Crippen molar-refractivity contribution in [2.45, 2.75) is 11.8 Å². The normalized spacial score (nSPS) is 11.0. The molecule has 0 spiro atoms. The first-order valence-corrected chi connectivity index (χ1v) is 12.1. The molecule has 0 aromatic heterocycles. The second-order valence-corrected chi connectivity index (χ2v) is 9.28. The van der Waals surface area contributed by atoms with Crippen molar-refractivity contribution in [2.24, 2.45) is 0 Å². The highest BCUT2D eigenvalue weighted by Gasteiger charge is 2.26.